The highest BCUT2D eigenvalue weighted by atomic mass is 32.2. The average Bonchev–Trinajstić information content (AvgIpc) is 2.17. The number of thioether (sulfide) groups is 1. The second-order valence-electron chi connectivity index (χ2n) is 3.42. The highest BCUT2D eigenvalue weighted by molar-refractivity contribution is 8.01. The SMILES string of the molecule is CCS(=O)(=O)C1CSCCN1CC(N)=O. The Bertz CT molecular complexity index is 329. The molecule has 1 rings (SSSR count). The Morgan fingerprint density at radius 3 is 2.80 bits per heavy atom. The first-order valence-electron chi connectivity index (χ1n) is 4.79. The largest absolute Gasteiger partial charge is 0.369 e. The highest BCUT2D eigenvalue weighted by Gasteiger charge is 2.33. The Balaban J connectivity index is 2.78. The van der Waals surface area contributed by atoms with Gasteiger partial charge in [0.1, 0.15) is 5.37 Å². The van der Waals surface area contributed by atoms with Gasteiger partial charge >= 0.3 is 0 Å². The number of nitrogens with two attached hydrogens (primary N) is 1. The van der Waals surface area contributed by atoms with E-state index in [9.17, 15) is 13.2 Å². The number of nitrogens with zero attached hydrogens (tertiary/aromatic N) is 1. The summed E-state index contributed by atoms with van der Waals surface area (Å²) >= 11 is 1.60. The second kappa shape index (κ2) is 5.18. The van der Waals surface area contributed by atoms with Crippen molar-refractivity contribution in [2.24, 2.45) is 5.73 Å². The third-order valence-corrected chi connectivity index (χ3v) is 5.70. The van der Waals surface area contributed by atoms with Gasteiger partial charge in [0.25, 0.3) is 0 Å². The molecule has 1 heterocycles. The van der Waals surface area contributed by atoms with Crippen molar-refractivity contribution in [3.05, 3.63) is 0 Å². The minimum Gasteiger partial charge on any atom is -0.369 e. The minimum absolute atomic E-state index is 0.0322. The highest BCUT2D eigenvalue weighted by Crippen LogP contribution is 2.20. The Labute approximate surface area is 94.3 Å². The van der Waals surface area contributed by atoms with Crippen molar-refractivity contribution in [1.29, 1.82) is 0 Å². The van der Waals surface area contributed by atoms with Crippen molar-refractivity contribution >= 4 is 27.5 Å². The van der Waals surface area contributed by atoms with Crippen molar-refractivity contribution in [3.63, 3.8) is 0 Å². The molecule has 1 amide bonds. The molecule has 0 spiro atoms. The van der Waals surface area contributed by atoms with Crippen LogP contribution < -0.4 is 5.73 Å². The summed E-state index contributed by atoms with van der Waals surface area (Å²) in [7, 11) is -3.12. The number of carbonyl (C=O) groups excluding carboxylic acids is 1. The number of carbonyl (C=O) groups is 1. The van der Waals surface area contributed by atoms with Gasteiger partial charge in [-0.3, -0.25) is 9.69 Å². The quantitative estimate of drug-likeness (QED) is 0.714. The van der Waals surface area contributed by atoms with E-state index in [0.29, 0.717) is 12.3 Å². The van der Waals surface area contributed by atoms with Crippen molar-refractivity contribution in [2.75, 3.05) is 30.3 Å². The molecule has 1 saturated heterocycles. The normalized spacial score (nSPS) is 23.9. The van der Waals surface area contributed by atoms with E-state index in [0.717, 1.165) is 5.75 Å². The lowest BCUT2D eigenvalue weighted by Gasteiger charge is -2.33. The van der Waals surface area contributed by atoms with Crippen LogP contribution >= 0.6 is 11.8 Å². The monoisotopic (exact) mass is 252 g/mol. The van der Waals surface area contributed by atoms with Crippen LogP contribution in [0.25, 0.3) is 0 Å². The molecule has 0 aromatic carbocycles. The van der Waals surface area contributed by atoms with Gasteiger partial charge in [0.15, 0.2) is 9.84 Å². The van der Waals surface area contributed by atoms with Crippen LogP contribution in [-0.2, 0) is 14.6 Å². The van der Waals surface area contributed by atoms with Gasteiger partial charge in [-0.2, -0.15) is 11.8 Å². The first-order chi connectivity index (χ1) is 6.97. The number of primary amides is 1. The van der Waals surface area contributed by atoms with Crippen molar-refractivity contribution in [1.82, 2.24) is 4.90 Å². The van der Waals surface area contributed by atoms with Crippen LogP contribution in [0.5, 0.6) is 0 Å². The fourth-order valence-electron chi connectivity index (χ4n) is 1.52. The van der Waals surface area contributed by atoms with Crippen LogP contribution in [0.2, 0.25) is 0 Å². The molecule has 88 valence electrons. The molecule has 1 aliphatic rings. The molecule has 7 heteroatoms. The Hall–Kier alpha value is -0.270. The molecule has 1 fully saturated rings. The van der Waals surface area contributed by atoms with Gasteiger partial charge in [0, 0.05) is 23.8 Å². The first kappa shape index (κ1) is 12.8. The third-order valence-electron chi connectivity index (χ3n) is 2.37. The van der Waals surface area contributed by atoms with Gasteiger partial charge in [0.05, 0.1) is 6.54 Å². The lowest BCUT2D eigenvalue weighted by Crippen LogP contribution is -2.50. The first-order valence-corrected chi connectivity index (χ1v) is 7.66. The van der Waals surface area contributed by atoms with E-state index >= 15 is 0 Å². The minimum atomic E-state index is -3.12. The van der Waals surface area contributed by atoms with Gasteiger partial charge in [-0.25, -0.2) is 8.42 Å². The summed E-state index contributed by atoms with van der Waals surface area (Å²) in [6, 6.07) is 0. The molecule has 5 nitrogen and oxygen atoms in total. The van der Waals surface area contributed by atoms with Gasteiger partial charge < -0.3 is 5.73 Å². The number of hydrogen-bond acceptors (Lipinski definition) is 5. The Kier molecular flexibility index (Phi) is 4.42. The number of amides is 1. The molecule has 0 radical (unpaired) electrons. The molecular weight excluding hydrogens is 236 g/mol. The summed E-state index contributed by atoms with van der Waals surface area (Å²) in [5.41, 5.74) is 5.09. The van der Waals surface area contributed by atoms with E-state index in [1.54, 1.807) is 23.6 Å². The third kappa shape index (κ3) is 3.35. The maximum Gasteiger partial charge on any atom is 0.231 e. The van der Waals surface area contributed by atoms with Gasteiger partial charge in [-0.1, -0.05) is 6.92 Å². The fraction of sp³-hybridized carbons (Fsp3) is 0.875. The summed E-state index contributed by atoms with van der Waals surface area (Å²) in [6.07, 6.45) is 0. The van der Waals surface area contributed by atoms with Gasteiger partial charge in [-0.05, 0) is 0 Å². The van der Waals surface area contributed by atoms with E-state index in [4.69, 9.17) is 5.73 Å². The number of rotatable bonds is 4. The summed E-state index contributed by atoms with van der Waals surface area (Å²) in [4.78, 5) is 12.5. The molecule has 1 aliphatic heterocycles. The zero-order chi connectivity index (χ0) is 11.5. The lowest BCUT2D eigenvalue weighted by molar-refractivity contribution is -0.119. The van der Waals surface area contributed by atoms with Crippen LogP contribution in [0.4, 0.5) is 0 Å². The van der Waals surface area contributed by atoms with Crippen LogP contribution in [0.1, 0.15) is 6.92 Å². The van der Waals surface area contributed by atoms with Gasteiger partial charge in [-0.15, -0.1) is 0 Å². The predicted molar refractivity (Wildman–Crippen MR) is 61.3 cm³/mol. The maximum atomic E-state index is 11.7. The molecule has 0 aromatic rings. The van der Waals surface area contributed by atoms with Crippen molar-refractivity contribution in [3.8, 4) is 0 Å². The topological polar surface area (TPSA) is 80.5 Å². The van der Waals surface area contributed by atoms with E-state index in [1.165, 1.54) is 0 Å². The summed E-state index contributed by atoms with van der Waals surface area (Å²) in [5.74, 6) is 1.01. The average molecular weight is 252 g/mol. The molecule has 0 bridgehead atoms. The van der Waals surface area contributed by atoms with Gasteiger partial charge in [0.2, 0.25) is 5.91 Å². The second-order valence-corrected chi connectivity index (χ2v) is 7.01. The number of sulfone groups is 1. The summed E-state index contributed by atoms with van der Waals surface area (Å²) in [5, 5.41) is -0.547. The van der Waals surface area contributed by atoms with E-state index in [-0.39, 0.29) is 12.3 Å². The number of hydrogen-bond donors (Lipinski definition) is 1. The van der Waals surface area contributed by atoms with Crippen molar-refractivity contribution < 1.29 is 13.2 Å². The van der Waals surface area contributed by atoms with Crippen LogP contribution in [0.15, 0.2) is 0 Å². The standard InChI is InChI=1S/C8H16N2O3S2/c1-2-15(12,13)8-6-14-4-3-10(8)5-7(9)11/h8H,2-6H2,1H3,(H2,9,11). The molecule has 0 aromatic heterocycles. The Morgan fingerprint density at radius 2 is 2.27 bits per heavy atom. The molecule has 15 heavy (non-hydrogen) atoms. The molecule has 0 aliphatic carbocycles. The van der Waals surface area contributed by atoms with Crippen LogP contribution in [0, 0.1) is 0 Å². The molecule has 2 N–H and O–H groups in total. The zero-order valence-electron chi connectivity index (χ0n) is 8.68. The van der Waals surface area contributed by atoms with Crippen molar-refractivity contribution in [2.45, 2.75) is 12.3 Å². The maximum absolute atomic E-state index is 11.7. The molecule has 1 atom stereocenters. The lowest BCUT2D eigenvalue weighted by atomic mass is 10.4. The fourth-order valence-corrected chi connectivity index (χ4v) is 4.60. The summed E-state index contributed by atoms with van der Waals surface area (Å²) in [6.45, 7) is 2.26. The van der Waals surface area contributed by atoms with Crippen LogP contribution in [0.3, 0.4) is 0 Å². The molecular formula is C8H16N2O3S2. The van der Waals surface area contributed by atoms with E-state index < -0.39 is 21.1 Å². The van der Waals surface area contributed by atoms with Crippen LogP contribution in [-0.4, -0.2) is 54.9 Å². The Morgan fingerprint density at radius 1 is 1.60 bits per heavy atom. The summed E-state index contributed by atoms with van der Waals surface area (Å²) < 4.78 is 23.5. The van der Waals surface area contributed by atoms with E-state index in [2.05, 4.69) is 0 Å². The molecule has 1 unspecified atom stereocenters. The zero-order valence-corrected chi connectivity index (χ0v) is 10.3. The smallest absolute Gasteiger partial charge is 0.231 e. The predicted octanol–water partition coefficient (Wildman–Crippen LogP) is -0.719. The van der Waals surface area contributed by atoms with E-state index in [1.807, 2.05) is 0 Å². The molecule has 0 saturated carbocycles.